The van der Waals surface area contributed by atoms with E-state index in [9.17, 15) is 0 Å². The summed E-state index contributed by atoms with van der Waals surface area (Å²) in [5, 5.41) is 0.796. The van der Waals surface area contributed by atoms with Crippen molar-refractivity contribution >= 4 is 43.2 Å². The van der Waals surface area contributed by atoms with Crippen molar-refractivity contribution in [2.45, 2.75) is 39.3 Å². The SMILES string of the molecule is C[Si](C)(C)C#Cc1ccc(C(=C(c2ccccc2)c2ccc(OCCBr)cc2)c2ccc(C#C[Si](C)(C)C)cc2)cc1. The minimum absolute atomic E-state index is 0.631. The van der Waals surface area contributed by atoms with E-state index in [0.29, 0.717) is 6.61 Å². The Bertz CT molecular complexity index is 1560. The molecule has 0 saturated heterocycles. The number of rotatable bonds is 7. The van der Waals surface area contributed by atoms with Crippen molar-refractivity contribution in [3.05, 3.63) is 137 Å². The molecule has 0 spiro atoms. The summed E-state index contributed by atoms with van der Waals surface area (Å²) in [4.78, 5) is 0. The molecule has 0 bridgehead atoms. The molecule has 4 aromatic carbocycles. The molecule has 0 aromatic heterocycles. The third-order valence-electron chi connectivity index (χ3n) is 6.31. The van der Waals surface area contributed by atoms with Gasteiger partial charge in [0.1, 0.15) is 21.9 Å². The second-order valence-corrected chi connectivity index (χ2v) is 22.6. The predicted molar refractivity (Wildman–Crippen MR) is 191 cm³/mol. The average molecular weight is 648 g/mol. The van der Waals surface area contributed by atoms with Gasteiger partial charge in [-0.1, -0.05) is 134 Å². The molecule has 212 valence electrons. The molecule has 0 radical (unpaired) electrons. The van der Waals surface area contributed by atoms with Crippen LogP contribution in [0.15, 0.2) is 103 Å². The van der Waals surface area contributed by atoms with Crippen LogP contribution in [0.5, 0.6) is 5.75 Å². The normalized spacial score (nSPS) is 11.0. The van der Waals surface area contributed by atoms with Gasteiger partial charge in [0.05, 0.1) is 6.61 Å². The summed E-state index contributed by atoms with van der Waals surface area (Å²) in [6.07, 6.45) is 0. The average Bonchev–Trinajstić information content (AvgIpc) is 2.97. The first-order valence-electron chi connectivity index (χ1n) is 14.4. The van der Waals surface area contributed by atoms with Crippen LogP contribution in [0.1, 0.15) is 33.4 Å². The van der Waals surface area contributed by atoms with Crippen LogP contribution < -0.4 is 4.74 Å². The second-order valence-electron chi connectivity index (χ2n) is 12.3. The van der Waals surface area contributed by atoms with Crippen LogP contribution in [0, 0.1) is 22.9 Å². The van der Waals surface area contributed by atoms with Crippen molar-refractivity contribution in [2.75, 3.05) is 11.9 Å². The van der Waals surface area contributed by atoms with Gasteiger partial charge in [-0.25, -0.2) is 0 Å². The van der Waals surface area contributed by atoms with Crippen LogP contribution in [-0.4, -0.2) is 28.1 Å². The Balaban J connectivity index is 1.93. The first-order valence-corrected chi connectivity index (χ1v) is 22.5. The Hall–Kier alpha value is -3.55. The Morgan fingerprint density at radius 3 is 1.31 bits per heavy atom. The quantitative estimate of drug-likeness (QED) is 0.0840. The summed E-state index contributed by atoms with van der Waals surface area (Å²) in [5.41, 5.74) is 16.0. The van der Waals surface area contributed by atoms with Gasteiger partial charge in [-0.3, -0.25) is 0 Å². The standard InChI is InChI=1S/C38H39BrOSi2/c1-41(2,3)28-24-30-12-16-33(17-13-30)38(34-18-14-31(15-19-34)25-29-42(4,5)6)37(32-10-8-7-9-11-32)35-20-22-36(23-21-35)40-27-26-39/h7-23H,26-27H2,1-6H3. The van der Waals surface area contributed by atoms with Gasteiger partial charge in [-0.05, 0) is 69.8 Å². The number of hydrogen-bond donors (Lipinski definition) is 0. The molecule has 0 amide bonds. The molecule has 0 aliphatic carbocycles. The minimum Gasteiger partial charge on any atom is -0.493 e. The van der Waals surface area contributed by atoms with E-state index in [1.165, 1.54) is 11.1 Å². The van der Waals surface area contributed by atoms with Crippen molar-refractivity contribution in [1.29, 1.82) is 0 Å². The van der Waals surface area contributed by atoms with Gasteiger partial charge in [0, 0.05) is 16.5 Å². The summed E-state index contributed by atoms with van der Waals surface area (Å²) in [6, 6.07) is 36.5. The predicted octanol–water partition coefficient (Wildman–Crippen LogP) is 9.93. The first-order chi connectivity index (χ1) is 20.0. The molecule has 4 aromatic rings. The highest BCUT2D eigenvalue weighted by molar-refractivity contribution is 9.09. The molecular formula is C38H39BrOSi2. The smallest absolute Gasteiger partial charge is 0.129 e. The van der Waals surface area contributed by atoms with Crippen molar-refractivity contribution < 1.29 is 4.74 Å². The van der Waals surface area contributed by atoms with Crippen LogP contribution in [0.3, 0.4) is 0 Å². The molecule has 0 unspecified atom stereocenters. The van der Waals surface area contributed by atoms with Gasteiger partial charge in [0.2, 0.25) is 0 Å². The highest BCUT2D eigenvalue weighted by atomic mass is 79.9. The van der Waals surface area contributed by atoms with E-state index < -0.39 is 16.1 Å². The molecular weight excluding hydrogens is 608 g/mol. The van der Waals surface area contributed by atoms with Gasteiger partial charge < -0.3 is 4.74 Å². The van der Waals surface area contributed by atoms with Crippen molar-refractivity contribution in [1.82, 2.24) is 0 Å². The van der Waals surface area contributed by atoms with Crippen molar-refractivity contribution in [3.8, 4) is 28.7 Å². The molecule has 0 fully saturated rings. The summed E-state index contributed by atoms with van der Waals surface area (Å²) in [7, 11) is -2.93. The number of ether oxygens (including phenoxy) is 1. The highest BCUT2D eigenvalue weighted by Crippen LogP contribution is 2.37. The largest absolute Gasteiger partial charge is 0.493 e. The molecule has 0 aliphatic rings. The van der Waals surface area contributed by atoms with Crippen LogP contribution >= 0.6 is 15.9 Å². The van der Waals surface area contributed by atoms with Gasteiger partial charge in [-0.15, -0.1) is 11.1 Å². The zero-order valence-corrected chi connectivity index (χ0v) is 29.1. The lowest BCUT2D eigenvalue weighted by molar-refractivity contribution is 0.345. The van der Waals surface area contributed by atoms with Crippen LogP contribution in [-0.2, 0) is 0 Å². The molecule has 1 nitrogen and oxygen atoms in total. The maximum Gasteiger partial charge on any atom is 0.129 e. The maximum absolute atomic E-state index is 5.86. The summed E-state index contributed by atoms with van der Waals surface area (Å²) in [6.45, 7) is 14.3. The van der Waals surface area contributed by atoms with Crippen LogP contribution in [0.2, 0.25) is 39.3 Å². The minimum atomic E-state index is -1.46. The third kappa shape index (κ3) is 9.23. The third-order valence-corrected chi connectivity index (χ3v) is 8.39. The van der Waals surface area contributed by atoms with Crippen molar-refractivity contribution in [2.24, 2.45) is 0 Å². The molecule has 0 N–H and O–H groups in total. The van der Waals surface area contributed by atoms with Gasteiger partial charge in [-0.2, -0.15) is 0 Å². The van der Waals surface area contributed by atoms with Gasteiger partial charge >= 0.3 is 0 Å². The number of halogens is 1. The Kier molecular flexibility index (Phi) is 10.5. The fraction of sp³-hybridized carbons (Fsp3) is 0.211. The number of alkyl halides is 1. The molecule has 42 heavy (non-hydrogen) atoms. The number of hydrogen-bond acceptors (Lipinski definition) is 1. The van der Waals surface area contributed by atoms with Gasteiger partial charge in [0.25, 0.3) is 0 Å². The van der Waals surface area contributed by atoms with E-state index in [-0.39, 0.29) is 0 Å². The van der Waals surface area contributed by atoms with E-state index >= 15 is 0 Å². The Morgan fingerprint density at radius 2 is 0.929 bits per heavy atom. The summed E-state index contributed by atoms with van der Waals surface area (Å²) >= 11 is 3.45. The zero-order chi connectivity index (χ0) is 30.2. The molecule has 0 aliphatic heterocycles. The lowest BCUT2D eigenvalue weighted by atomic mass is 9.85. The van der Waals surface area contributed by atoms with E-state index in [2.05, 4.69) is 181 Å². The number of benzene rings is 4. The van der Waals surface area contributed by atoms with E-state index in [4.69, 9.17) is 4.74 Å². The Labute approximate surface area is 263 Å². The van der Waals surface area contributed by atoms with E-state index in [0.717, 1.165) is 44.5 Å². The second kappa shape index (κ2) is 14.1. The summed E-state index contributed by atoms with van der Waals surface area (Å²) < 4.78 is 5.86. The Morgan fingerprint density at radius 1 is 0.548 bits per heavy atom. The molecule has 4 heteroatoms. The summed E-state index contributed by atoms with van der Waals surface area (Å²) in [5.74, 6) is 7.68. The molecule has 0 atom stereocenters. The van der Waals surface area contributed by atoms with E-state index in [1.807, 2.05) is 0 Å². The highest BCUT2D eigenvalue weighted by Gasteiger charge is 2.17. The molecule has 4 rings (SSSR count). The van der Waals surface area contributed by atoms with Crippen molar-refractivity contribution in [3.63, 3.8) is 0 Å². The fourth-order valence-electron chi connectivity index (χ4n) is 4.35. The lowest BCUT2D eigenvalue weighted by Gasteiger charge is -2.19. The van der Waals surface area contributed by atoms with Gasteiger partial charge in [0.15, 0.2) is 0 Å². The fourth-order valence-corrected chi connectivity index (χ4v) is 5.55. The maximum atomic E-state index is 5.86. The van der Waals surface area contributed by atoms with Crippen LogP contribution in [0.4, 0.5) is 0 Å². The lowest BCUT2D eigenvalue weighted by Crippen LogP contribution is -2.16. The monoisotopic (exact) mass is 646 g/mol. The van der Waals surface area contributed by atoms with E-state index in [1.54, 1.807) is 0 Å². The molecule has 0 saturated carbocycles. The van der Waals surface area contributed by atoms with Crippen LogP contribution in [0.25, 0.3) is 11.1 Å². The zero-order valence-electron chi connectivity index (χ0n) is 25.5. The topological polar surface area (TPSA) is 9.23 Å². The first kappa shape index (κ1) is 31.4. The molecule has 0 heterocycles.